The lowest BCUT2D eigenvalue weighted by atomic mass is 10.2. The van der Waals surface area contributed by atoms with E-state index in [9.17, 15) is 13.2 Å². The predicted octanol–water partition coefficient (Wildman–Crippen LogP) is 4.58. The molecule has 1 aromatic heterocycles. The average Bonchev–Trinajstić information content (AvgIpc) is 2.61. The summed E-state index contributed by atoms with van der Waals surface area (Å²) in [5.41, 5.74) is 1.21. The third kappa shape index (κ3) is 4.81. The van der Waals surface area contributed by atoms with Crippen LogP contribution in [0.3, 0.4) is 0 Å². The Balaban J connectivity index is 1.61. The van der Waals surface area contributed by atoms with E-state index < -0.39 is 11.7 Å². The van der Waals surface area contributed by atoms with Gasteiger partial charge in [0.2, 0.25) is 0 Å². The number of anilines is 2. The summed E-state index contributed by atoms with van der Waals surface area (Å²) in [5.74, 6) is 0.363. The Hall–Kier alpha value is -2.06. The number of benzene rings is 1. The molecule has 144 valence electrons. The minimum atomic E-state index is -4.46. The van der Waals surface area contributed by atoms with E-state index in [1.54, 1.807) is 0 Å². The van der Waals surface area contributed by atoms with Gasteiger partial charge in [0.15, 0.2) is 5.11 Å². The van der Waals surface area contributed by atoms with Crippen LogP contribution < -0.4 is 10.2 Å². The van der Waals surface area contributed by atoms with Gasteiger partial charge < -0.3 is 15.1 Å². The third-order valence-electron chi connectivity index (χ3n) is 4.28. The van der Waals surface area contributed by atoms with Gasteiger partial charge in [-0.1, -0.05) is 23.7 Å². The van der Waals surface area contributed by atoms with Crippen molar-refractivity contribution in [1.29, 1.82) is 0 Å². The molecule has 1 aliphatic heterocycles. The summed E-state index contributed by atoms with van der Waals surface area (Å²) < 4.78 is 38.2. The first-order valence-corrected chi connectivity index (χ1v) is 9.13. The first-order valence-electron chi connectivity index (χ1n) is 8.34. The number of hydrogen-bond donors (Lipinski definition) is 1. The first-order chi connectivity index (χ1) is 12.7. The van der Waals surface area contributed by atoms with Gasteiger partial charge in [0.05, 0.1) is 10.6 Å². The normalized spacial score (nSPS) is 15.0. The van der Waals surface area contributed by atoms with Gasteiger partial charge in [-0.2, -0.15) is 13.2 Å². The Labute approximate surface area is 165 Å². The monoisotopic (exact) mass is 414 g/mol. The molecule has 1 aliphatic rings. The van der Waals surface area contributed by atoms with Gasteiger partial charge in [-0.25, -0.2) is 4.98 Å². The predicted molar refractivity (Wildman–Crippen MR) is 105 cm³/mol. The molecule has 0 bridgehead atoms. The number of piperazine rings is 1. The smallest absolute Gasteiger partial charge is 0.352 e. The molecule has 2 heterocycles. The Morgan fingerprint density at radius 3 is 2.48 bits per heavy atom. The molecule has 0 atom stereocenters. The van der Waals surface area contributed by atoms with Crippen molar-refractivity contribution in [3.8, 4) is 0 Å². The quantitative estimate of drug-likeness (QED) is 0.727. The van der Waals surface area contributed by atoms with Crippen molar-refractivity contribution in [2.45, 2.75) is 13.1 Å². The molecule has 27 heavy (non-hydrogen) atoms. The molecular formula is C18H18ClF3N4S. The highest BCUT2D eigenvalue weighted by molar-refractivity contribution is 7.80. The number of nitrogens with zero attached hydrogens (tertiary/aromatic N) is 3. The van der Waals surface area contributed by atoms with E-state index in [2.05, 4.69) is 10.3 Å². The lowest BCUT2D eigenvalue weighted by molar-refractivity contribution is -0.137. The van der Waals surface area contributed by atoms with Gasteiger partial charge in [0.1, 0.15) is 5.82 Å². The molecule has 9 heteroatoms. The summed E-state index contributed by atoms with van der Waals surface area (Å²) in [4.78, 5) is 7.81. The highest BCUT2D eigenvalue weighted by Gasteiger charge is 2.32. The van der Waals surface area contributed by atoms with Crippen LogP contribution in [0.1, 0.15) is 11.1 Å². The van der Waals surface area contributed by atoms with Crippen LogP contribution in [-0.2, 0) is 6.18 Å². The maximum atomic E-state index is 12.7. The zero-order chi connectivity index (χ0) is 19.6. The van der Waals surface area contributed by atoms with E-state index in [4.69, 9.17) is 23.8 Å². The zero-order valence-electron chi connectivity index (χ0n) is 14.6. The fraction of sp³-hybridized carbons (Fsp3) is 0.333. The largest absolute Gasteiger partial charge is 0.417 e. The number of thiocarbonyl (C=S) groups is 1. The summed E-state index contributed by atoms with van der Waals surface area (Å²) in [6, 6.07) is 8.83. The van der Waals surface area contributed by atoms with Gasteiger partial charge >= 0.3 is 6.18 Å². The van der Waals surface area contributed by atoms with Gasteiger partial charge in [-0.05, 0) is 42.9 Å². The minimum Gasteiger partial charge on any atom is -0.352 e. The second-order valence-corrected chi connectivity index (χ2v) is 7.09. The van der Waals surface area contributed by atoms with Gasteiger partial charge in [0, 0.05) is 38.1 Å². The molecule has 0 unspecified atom stereocenters. The van der Waals surface area contributed by atoms with E-state index in [-0.39, 0.29) is 5.02 Å². The highest BCUT2D eigenvalue weighted by atomic mass is 35.5. The summed E-state index contributed by atoms with van der Waals surface area (Å²) in [5, 5.41) is 3.83. The Morgan fingerprint density at radius 2 is 1.89 bits per heavy atom. The topological polar surface area (TPSA) is 31.4 Å². The van der Waals surface area contributed by atoms with Crippen LogP contribution in [0.25, 0.3) is 0 Å². The number of rotatable bonds is 2. The van der Waals surface area contributed by atoms with E-state index in [1.165, 1.54) is 0 Å². The van der Waals surface area contributed by atoms with Crippen LogP contribution in [0.2, 0.25) is 5.02 Å². The lowest BCUT2D eigenvalue weighted by Crippen LogP contribution is -2.50. The second-order valence-electron chi connectivity index (χ2n) is 6.30. The van der Waals surface area contributed by atoms with Crippen LogP contribution in [0.5, 0.6) is 0 Å². The maximum Gasteiger partial charge on any atom is 0.417 e. The molecule has 0 amide bonds. The van der Waals surface area contributed by atoms with E-state index in [1.807, 2.05) is 41.0 Å². The molecule has 1 saturated heterocycles. The van der Waals surface area contributed by atoms with Crippen molar-refractivity contribution in [2.75, 3.05) is 36.4 Å². The molecular weight excluding hydrogens is 397 g/mol. The molecule has 3 rings (SSSR count). The van der Waals surface area contributed by atoms with Crippen molar-refractivity contribution < 1.29 is 13.2 Å². The van der Waals surface area contributed by atoms with Crippen molar-refractivity contribution >= 4 is 40.4 Å². The van der Waals surface area contributed by atoms with Crippen molar-refractivity contribution in [3.63, 3.8) is 0 Å². The summed E-state index contributed by atoms with van der Waals surface area (Å²) in [6.45, 7) is 4.38. The summed E-state index contributed by atoms with van der Waals surface area (Å²) in [7, 11) is 0. The maximum absolute atomic E-state index is 12.7. The Bertz CT molecular complexity index is 836. The molecule has 0 radical (unpaired) electrons. The zero-order valence-corrected chi connectivity index (χ0v) is 16.1. The number of nitrogens with one attached hydrogen (secondary N) is 1. The first kappa shape index (κ1) is 19.7. The Kier molecular flexibility index (Phi) is 5.76. The molecule has 1 aromatic carbocycles. The number of pyridine rings is 1. The summed E-state index contributed by atoms with van der Waals surface area (Å²) >= 11 is 11.5. The fourth-order valence-electron chi connectivity index (χ4n) is 2.87. The van der Waals surface area contributed by atoms with Gasteiger partial charge in [-0.3, -0.25) is 0 Å². The van der Waals surface area contributed by atoms with Gasteiger partial charge in [0.25, 0.3) is 0 Å². The average molecular weight is 415 g/mol. The van der Waals surface area contributed by atoms with Crippen LogP contribution in [0.15, 0.2) is 36.5 Å². The second kappa shape index (κ2) is 7.90. The van der Waals surface area contributed by atoms with Crippen LogP contribution in [0.4, 0.5) is 24.7 Å². The summed E-state index contributed by atoms with van der Waals surface area (Å²) in [6.07, 6.45) is -3.64. The standard InChI is InChI=1S/C18H18ClF3N4S/c1-12-3-2-4-14(9-12)24-17(27)26-7-5-25(6-8-26)16-15(19)10-13(11-23-16)18(20,21)22/h2-4,9-11H,5-8H2,1H3,(H,24,27). The van der Waals surface area contributed by atoms with Crippen LogP contribution >= 0.6 is 23.8 Å². The lowest BCUT2D eigenvalue weighted by Gasteiger charge is -2.37. The fourth-order valence-corrected chi connectivity index (χ4v) is 3.45. The number of aryl methyl sites for hydroxylation is 1. The van der Waals surface area contributed by atoms with Crippen molar-refractivity contribution in [2.24, 2.45) is 0 Å². The molecule has 2 aromatic rings. The molecule has 4 nitrogen and oxygen atoms in total. The highest BCUT2D eigenvalue weighted by Crippen LogP contribution is 2.33. The molecule has 1 fully saturated rings. The van der Waals surface area contributed by atoms with E-state index >= 15 is 0 Å². The third-order valence-corrected chi connectivity index (χ3v) is 4.92. The molecule has 0 aliphatic carbocycles. The molecule has 0 saturated carbocycles. The minimum absolute atomic E-state index is 0.00117. The molecule has 0 spiro atoms. The number of hydrogen-bond acceptors (Lipinski definition) is 3. The number of aromatic nitrogens is 1. The van der Waals surface area contributed by atoms with Crippen LogP contribution in [-0.4, -0.2) is 41.2 Å². The Morgan fingerprint density at radius 1 is 1.19 bits per heavy atom. The van der Waals surface area contributed by atoms with E-state index in [0.717, 1.165) is 23.5 Å². The van der Waals surface area contributed by atoms with E-state index in [0.29, 0.717) is 37.1 Å². The van der Waals surface area contributed by atoms with Crippen molar-refractivity contribution in [1.82, 2.24) is 9.88 Å². The number of alkyl halides is 3. The van der Waals surface area contributed by atoms with Crippen molar-refractivity contribution in [3.05, 3.63) is 52.7 Å². The SMILES string of the molecule is Cc1cccc(NC(=S)N2CCN(c3ncc(C(F)(F)F)cc3Cl)CC2)c1. The molecule has 1 N–H and O–H groups in total. The van der Waals surface area contributed by atoms with Gasteiger partial charge in [-0.15, -0.1) is 0 Å². The van der Waals surface area contributed by atoms with Crippen LogP contribution in [0, 0.1) is 6.92 Å². The number of halogens is 4.